The second-order valence-corrected chi connectivity index (χ2v) is 10.1. The van der Waals surface area contributed by atoms with Crippen molar-refractivity contribution in [1.82, 2.24) is 0 Å². The first-order valence-electron chi connectivity index (χ1n) is 11.1. The minimum atomic E-state index is -0.572. The van der Waals surface area contributed by atoms with Crippen molar-refractivity contribution in [3.8, 4) is 0 Å². The molecule has 158 valence electrons. The lowest BCUT2D eigenvalue weighted by atomic mass is 9.45. The minimum Gasteiger partial charge on any atom is -0.395 e. The molecule has 28 heavy (non-hydrogen) atoms. The van der Waals surface area contributed by atoms with E-state index in [0.717, 1.165) is 38.0 Å². The molecular formula is C21H35N3O4. The first-order valence-corrected chi connectivity index (χ1v) is 11.1. The minimum absolute atomic E-state index is 0.0330. The van der Waals surface area contributed by atoms with E-state index in [4.69, 9.17) is 15.4 Å². The normalized spacial score (nSPS) is 46.4. The predicted octanol–water partition coefficient (Wildman–Crippen LogP) is 3.94. The van der Waals surface area contributed by atoms with Gasteiger partial charge in [0.15, 0.2) is 0 Å². The van der Waals surface area contributed by atoms with Crippen molar-refractivity contribution in [3.05, 3.63) is 10.1 Å². The van der Waals surface area contributed by atoms with E-state index in [2.05, 4.69) is 19.0 Å². The van der Waals surface area contributed by atoms with Crippen LogP contribution in [0.25, 0.3) is 0 Å². The average Bonchev–Trinajstić information content (AvgIpc) is 2.98. The molecular weight excluding hydrogens is 358 g/mol. The maximum atomic E-state index is 11.0. The third-order valence-electron chi connectivity index (χ3n) is 9.03. The van der Waals surface area contributed by atoms with Crippen molar-refractivity contribution in [2.24, 2.45) is 45.4 Å². The molecule has 7 nitrogen and oxygen atoms in total. The van der Waals surface area contributed by atoms with Crippen LogP contribution in [0.2, 0.25) is 0 Å². The van der Waals surface area contributed by atoms with Crippen molar-refractivity contribution >= 4 is 5.71 Å². The molecule has 4 aliphatic rings. The summed E-state index contributed by atoms with van der Waals surface area (Å²) in [5.74, 6) is 2.66. The zero-order valence-electron chi connectivity index (χ0n) is 17.3. The van der Waals surface area contributed by atoms with Gasteiger partial charge >= 0.3 is 0 Å². The number of nitrogens with two attached hydrogens (primary N) is 1. The first kappa shape index (κ1) is 19.9. The second-order valence-electron chi connectivity index (χ2n) is 10.1. The zero-order chi connectivity index (χ0) is 19.9. The molecule has 4 saturated carbocycles. The monoisotopic (exact) mass is 393 g/mol. The Balaban J connectivity index is 1.48. The van der Waals surface area contributed by atoms with Crippen LogP contribution in [0.3, 0.4) is 0 Å². The van der Waals surface area contributed by atoms with Gasteiger partial charge in [0.05, 0.1) is 5.71 Å². The molecule has 0 aromatic rings. The molecule has 0 spiro atoms. The highest BCUT2D eigenvalue weighted by Gasteiger charge is 2.60. The van der Waals surface area contributed by atoms with Crippen molar-refractivity contribution in [1.29, 1.82) is 0 Å². The van der Waals surface area contributed by atoms with Crippen LogP contribution in [-0.2, 0) is 9.68 Å². The molecule has 0 amide bonds. The van der Waals surface area contributed by atoms with Gasteiger partial charge in [-0.15, -0.1) is 10.1 Å². The summed E-state index contributed by atoms with van der Waals surface area (Å²) in [4.78, 5) is 21.5. The molecule has 0 heterocycles. The van der Waals surface area contributed by atoms with E-state index in [1.54, 1.807) is 0 Å². The Morgan fingerprint density at radius 2 is 1.93 bits per heavy atom. The highest BCUT2D eigenvalue weighted by Crippen LogP contribution is 2.66. The van der Waals surface area contributed by atoms with Gasteiger partial charge in [-0.25, -0.2) is 0 Å². The van der Waals surface area contributed by atoms with Crippen molar-refractivity contribution < 1.29 is 14.8 Å². The van der Waals surface area contributed by atoms with Crippen LogP contribution in [0.5, 0.6) is 0 Å². The maximum absolute atomic E-state index is 11.0. The van der Waals surface area contributed by atoms with Gasteiger partial charge in [0, 0.05) is 6.54 Å². The molecule has 0 radical (unpaired) electrons. The summed E-state index contributed by atoms with van der Waals surface area (Å²) >= 11 is 0. The smallest absolute Gasteiger partial charge is 0.294 e. The molecule has 4 rings (SSSR count). The van der Waals surface area contributed by atoms with E-state index >= 15 is 0 Å². The van der Waals surface area contributed by atoms with Gasteiger partial charge in [-0.05, 0) is 92.3 Å². The molecule has 4 aliphatic carbocycles. The molecule has 4 fully saturated rings. The van der Waals surface area contributed by atoms with Crippen molar-refractivity contribution in [2.45, 2.75) is 77.7 Å². The molecule has 2 N–H and O–H groups in total. The van der Waals surface area contributed by atoms with Crippen molar-refractivity contribution in [2.75, 3.05) is 13.2 Å². The van der Waals surface area contributed by atoms with Crippen molar-refractivity contribution in [3.63, 3.8) is 0 Å². The van der Waals surface area contributed by atoms with Crippen LogP contribution in [0.4, 0.5) is 0 Å². The second kappa shape index (κ2) is 7.47. The summed E-state index contributed by atoms with van der Waals surface area (Å²) in [5, 5.41) is 14.8. The standard InChI is InChI=1S/C21H35N3O4/c1-20-9-7-15(23-27-12-11-22)13-14(20)3-4-16-17-5-6-19(28-24(25)26)21(17,2)10-8-18(16)20/h14,16-19H,3-13,22H2,1-2H3/b23-15+/t14?,16?,17?,18?,19-,20-,21-/m0/s1. The third kappa shape index (κ3) is 3.19. The summed E-state index contributed by atoms with van der Waals surface area (Å²) < 4.78 is 0. The van der Waals surface area contributed by atoms with Crippen LogP contribution >= 0.6 is 0 Å². The summed E-state index contributed by atoms with van der Waals surface area (Å²) in [5.41, 5.74) is 7.02. The SMILES string of the molecule is C[C@]12CC/C(=N\OCCN)CC1CCC1C2CC[C@@]2(C)C1CC[C@@H]2O[N+](=O)[O-]. The van der Waals surface area contributed by atoms with E-state index in [9.17, 15) is 10.1 Å². The summed E-state index contributed by atoms with van der Waals surface area (Å²) in [6.07, 6.45) is 9.67. The molecule has 7 atom stereocenters. The Kier molecular flexibility index (Phi) is 5.31. The highest BCUT2D eigenvalue weighted by atomic mass is 17.0. The number of nitrogens with zero attached hydrogens (tertiary/aromatic N) is 2. The fourth-order valence-corrected chi connectivity index (χ4v) is 7.56. The van der Waals surface area contributed by atoms with Gasteiger partial charge in [-0.3, -0.25) is 0 Å². The van der Waals surface area contributed by atoms with Gasteiger partial charge in [0.2, 0.25) is 0 Å². The van der Waals surface area contributed by atoms with Crippen LogP contribution in [-0.4, -0.2) is 30.1 Å². The molecule has 0 aromatic carbocycles. The van der Waals surface area contributed by atoms with Gasteiger partial charge in [0.1, 0.15) is 12.7 Å². The van der Waals surface area contributed by atoms with Crippen LogP contribution in [0.1, 0.15) is 71.6 Å². The molecule has 0 saturated heterocycles. The maximum Gasteiger partial charge on any atom is 0.294 e. The van der Waals surface area contributed by atoms with Crippen LogP contribution < -0.4 is 5.73 Å². The Bertz CT molecular complexity index is 641. The third-order valence-corrected chi connectivity index (χ3v) is 9.03. The molecule has 7 heteroatoms. The Labute approximate surface area is 167 Å². The number of oxime groups is 1. The Morgan fingerprint density at radius 3 is 2.68 bits per heavy atom. The number of fused-ring (bicyclic) bond motifs is 5. The Morgan fingerprint density at radius 1 is 1.14 bits per heavy atom. The molecule has 0 bridgehead atoms. The zero-order valence-corrected chi connectivity index (χ0v) is 17.3. The fraction of sp³-hybridized carbons (Fsp3) is 0.952. The topological polar surface area (TPSA) is 100.0 Å². The lowest BCUT2D eigenvalue weighted by Crippen LogP contribution is -2.54. The highest BCUT2D eigenvalue weighted by molar-refractivity contribution is 5.85. The lowest BCUT2D eigenvalue weighted by molar-refractivity contribution is -0.772. The fourth-order valence-electron chi connectivity index (χ4n) is 7.56. The van der Waals surface area contributed by atoms with Crippen LogP contribution in [0, 0.1) is 44.6 Å². The van der Waals surface area contributed by atoms with E-state index in [1.165, 1.54) is 31.4 Å². The lowest BCUT2D eigenvalue weighted by Gasteiger charge is -2.60. The average molecular weight is 394 g/mol. The molecule has 0 aromatic heterocycles. The van der Waals surface area contributed by atoms with Gasteiger partial charge in [-0.2, -0.15) is 0 Å². The van der Waals surface area contributed by atoms with E-state index in [-0.39, 0.29) is 11.5 Å². The quantitative estimate of drug-likeness (QED) is 0.433. The Hall–Kier alpha value is -1.37. The molecule has 4 unspecified atom stereocenters. The van der Waals surface area contributed by atoms with Gasteiger partial charge in [-0.1, -0.05) is 19.0 Å². The number of hydrogen-bond donors (Lipinski definition) is 1. The number of rotatable bonds is 5. The van der Waals surface area contributed by atoms with E-state index < -0.39 is 5.09 Å². The first-order chi connectivity index (χ1) is 13.4. The summed E-state index contributed by atoms with van der Waals surface area (Å²) in [7, 11) is 0. The van der Waals surface area contributed by atoms with Crippen LogP contribution in [0.15, 0.2) is 5.16 Å². The summed E-state index contributed by atoms with van der Waals surface area (Å²) in [6.45, 7) is 5.76. The van der Waals surface area contributed by atoms with Gasteiger partial charge < -0.3 is 15.4 Å². The molecule has 0 aliphatic heterocycles. The summed E-state index contributed by atoms with van der Waals surface area (Å²) in [6, 6.07) is 0. The van der Waals surface area contributed by atoms with E-state index in [1.807, 2.05) is 0 Å². The van der Waals surface area contributed by atoms with Gasteiger partial charge in [0.25, 0.3) is 5.09 Å². The number of hydrogen-bond acceptors (Lipinski definition) is 6. The predicted molar refractivity (Wildman–Crippen MR) is 106 cm³/mol. The largest absolute Gasteiger partial charge is 0.395 e. The van der Waals surface area contributed by atoms with E-state index in [0.29, 0.717) is 36.3 Å².